The van der Waals surface area contributed by atoms with E-state index in [2.05, 4.69) is 5.32 Å². The molecule has 2 N–H and O–H groups in total. The predicted octanol–water partition coefficient (Wildman–Crippen LogP) is 3.50. The van der Waals surface area contributed by atoms with E-state index in [9.17, 15) is 9.59 Å². The van der Waals surface area contributed by atoms with Crippen molar-refractivity contribution in [1.82, 2.24) is 0 Å². The molecule has 0 saturated carbocycles. The van der Waals surface area contributed by atoms with Crippen molar-refractivity contribution in [1.29, 1.82) is 0 Å². The topological polar surface area (TPSA) is 75.6 Å². The molecule has 5 heteroatoms. The number of fused-ring (bicyclic) bond motifs is 1. The van der Waals surface area contributed by atoms with Crippen LogP contribution in [0.2, 0.25) is 0 Å². The molecule has 1 atom stereocenters. The van der Waals surface area contributed by atoms with Crippen molar-refractivity contribution in [3.63, 3.8) is 0 Å². The molecule has 0 aliphatic heterocycles. The van der Waals surface area contributed by atoms with Gasteiger partial charge in [-0.1, -0.05) is 44.2 Å². The number of carboxylic acid groups (broad SMARTS) is 1. The molecule has 0 aromatic heterocycles. The van der Waals surface area contributed by atoms with E-state index in [4.69, 9.17) is 9.84 Å². The number of rotatable bonds is 4. The number of hydrogen-bond acceptors (Lipinski definition) is 3. The van der Waals surface area contributed by atoms with E-state index >= 15 is 0 Å². The molecular formula is C16H17NO4. The lowest BCUT2D eigenvalue weighted by Crippen LogP contribution is -2.33. The SMILES string of the molecule is CC(C)[C@H](OC(=O)Nc1ccc2ccccc2c1)C(=O)O. The van der Waals surface area contributed by atoms with E-state index < -0.39 is 18.2 Å². The van der Waals surface area contributed by atoms with Gasteiger partial charge >= 0.3 is 12.1 Å². The zero-order valence-electron chi connectivity index (χ0n) is 11.9. The van der Waals surface area contributed by atoms with Gasteiger partial charge in [-0.05, 0) is 22.9 Å². The molecule has 110 valence electrons. The van der Waals surface area contributed by atoms with Crippen LogP contribution in [-0.4, -0.2) is 23.3 Å². The van der Waals surface area contributed by atoms with Crippen molar-refractivity contribution in [2.45, 2.75) is 20.0 Å². The van der Waals surface area contributed by atoms with Gasteiger partial charge in [0.25, 0.3) is 0 Å². The second kappa shape index (κ2) is 6.26. The zero-order chi connectivity index (χ0) is 15.4. The first-order chi connectivity index (χ1) is 9.97. The molecule has 0 saturated heterocycles. The van der Waals surface area contributed by atoms with E-state index in [1.807, 2.05) is 36.4 Å². The monoisotopic (exact) mass is 287 g/mol. The van der Waals surface area contributed by atoms with Crippen molar-refractivity contribution < 1.29 is 19.4 Å². The second-order valence-corrected chi connectivity index (χ2v) is 5.10. The van der Waals surface area contributed by atoms with E-state index in [-0.39, 0.29) is 5.92 Å². The minimum Gasteiger partial charge on any atom is -0.478 e. The van der Waals surface area contributed by atoms with Gasteiger partial charge in [-0.25, -0.2) is 9.59 Å². The maximum Gasteiger partial charge on any atom is 0.412 e. The maximum atomic E-state index is 11.8. The number of ether oxygens (including phenoxy) is 1. The van der Waals surface area contributed by atoms with Crippen molar-refractivity contribution in [3.05, 3.63) is 42.5 Å². The Labute approximate surface area is 122 Å². The van der Waals surface area contributed by atoms with E-state index in [0.717, 1.165) is 10.8 Å². The smallest absolute Gasteiger partial charge is 0.412 e. The first-order valence-corrected chi connectivity index (χ1v) is 6.66. The summed E-state index contributed by atoms with van der Waals surface area (Å²) in [5.41, 5.74) is 0.562. The molecule has 2 rings (SSSR count). The molecule has 0 fully saturated rings. The molecule has 0 heterocycles. The third kappa shape index (κ3) is 3.72. The number of carbonyl (C=O) groups excluding carboxylic acids is 1. The number of carboxylic acids is 1. The molecule has 0 unspecified atom stereocenters. The fraction of sp³-hybridized carbons (Fsp3) is 0.250. The number of benzene rings is 2. The highest BCUT2D eigenvalue weighted by Gasteiger charge is 2.25. The Morgan fingerprint density at radius 2 is 1.76 bits per heavy atom. The van der Waals surface area contributed by atoms with Crippen LogP contribution in [-0.2, 0) is 9.53 Å². The molecule has 0 spiro atoms. The van der Waals surface area contributed by atoms with Gasteiger partial charge in [0, 0.05) is 11.6 Å². The Balaban J connectivity index is 2.08. The molecule has 2 aromatic rings. The summed E-state index contributed by atoms with van der Waals surface area (Å²) in [4.78, 5) is 22.8. The van der Waals surface area contributed by atoms with Gasteiger partial charge in [-0.3, -0.25) is 5.32 Å². The Kier molecular flexibility index (Phi) is 4.42. The number of hydrogen-bond donors (Lipinski definition) is 2. The van der Waals surface area contributed by atoms with Crippen LogP contribution >= 0.6 is 0 Å². The molecule has 0 radical (unpaired) electrons. The van der Waals surface area contributed by atoms with Crippen LogP contribution in [0.15, 0.2) is 42.5 Å². The Bertz CT molecular complexity index is 666. The van der Waals surface area contributed by atoms with Crippen LogP contribution in [0.25, 0.3) is 10.8 Å². The van der Waals surface area contributed by atoms with E-state index in [0.29, 0.717) is 5.69 Å². The van der Waals surface area contributed by atoms with Crippen molar-refractivity contribution in [3.8, 4) is 0 Å². The van der Waals surface area contributed by atoms with Crippen molar-refractivity contribution in [2.24, 2.45) is 5.92 Å². The largest absolute Gasteiger partial charge is 0.478 e. The van der Waals surface area contributed by atoms with Crippen LogP contribution in [0.3, 0.4) is 0 Å². The summed E-state index contributed by atoms with van der Waals surface area (Å²) < 4.78 is 4.94. The van der Waals surface area contributed by atoms with Gasteiger partial charge in [0.1, 0.15) is 0 Å². The fourth-order valence-electron chi connectivity index (χ4n) is 2.00. The molecule has 2 aromatic carbocycles. The van der Waals surface area contributed by atoms with Gasteiger partial charge in [0.2, 0.25) is 6.10 Å². The molecule has 0 bridgehead atoms. The minimum atomic E-state index is -1.16. The number of aliphatic carboxylic acids is 1. The van der Waals surface area contributed by atoms with Gasteiger partial charge in [-0.2, -0.15) is 0 Å². The minimum absolute atomic E-state index is 0.301. The summed E-state index contributed by atoms with van der Waals surface area (Å²) in [6, 6.07) is 13.2. The first-order valence-electron chi connectivity index (χ1n) is 6.66. The highest BCUT2D eigenvalue weighted by Crippen LogP contribution is 2.19. The fourth-order valence-corrected chi connectivity index (χ4v) is 2.00. The summed E-state index contributed by atoms with van der Waals surface area (Å²) in [6.45, 7) is 3.37. The van der Waals surface area contributed by atoms with Gasteiger partial charge in [0.05, 0.1) is 0 Å². The summed E-state index contributed by atoms with van der Waals surface area (Å²) >= 11 is 0. The van der Waals surface area contributed by atoms with Crippen LogP contribution < -0.4 is 5.32 Å². The summed E-state index contributed by atoms with van der Waals surface area (Å²) in [7, 11) is 0. The van der Waals surface area contributed by atoms with Gasteiger partial charge < -0.3 is 9.84 Å². The van der Waals surface area contributed by atoms with Gasteiger partial charge in [0.15, 0.2) is 0 Å². The van der Waals surface area contributed by atoms with Crippen LogP contribution in [0.4, 0.5) is 10.5 Å². The third-order valence-corrected chi connectivity index (χ3v) is 3.08. The predicted molar refractivity (Wildman–Crippen MR) is 80.3 cm³/mol. The number of amides is 1. The molecular weight excluding hydrogens is 270 g/mol. The number of carbonyl (C=O) groups is 2. The Morgan fingerprint density at radius 3 is 2.38 bits per heavy atom. The Morgan fingerprint density at radius 1 is 1.10 bits per heavy atom. The summed E-state index contributed by atoms with van der Waals surface area (Å²) in [5.74, 6) is -1.46. The highest BCUT2D eigenvalue weighted by atomic mass is 16.6. The lowest BCUT2D eigenvalue weighted by molar-refractivity contribution is -0.148. The molecule has 5 nitrogen and oxygen atoms in total. The highest BCUT2D eigenvalue weighted by molar-refractivity contribution is 5.92. The maximum absolute atomic E-state index is 11.8. The van der Waals surface area contributed by atoms with Crippen molar-refractivity contribution >= 4 is 28.5 Å². The molecule has 1 amide bonds. The number of nitrogens with one attached hydrogen (secondary N) is 1. The lowest BCUT2D eigenvalue weighted by atomic mass is 10.1. The molecule has 21 heavy (non-hydrogen) atoms. The van der Waals surface area contributed by atoms with Crippen LogP contribution in [0.5, 0.6) is 0 Å². The molecule has 0 aliphatic rings. The summed E-state index contributed by atoms with van der Waals surface area (Å²) in [6.07, 6.45) is -1.93. The Hall–Kier alpha value is -2.56. The molecule has 0 aliphatic carbocycles. The first kappa shape index (κ1) is 14.8. The van der Waals surface area contributed by atoms with Crippen molar-refractivity contribution in [2.75, 3.05) is 5.32 Å². The van der Waals surface area contributed by atoms with Gasteiger partial charge in [-0.15, -0.1) is 0 Å². The lowest BCUT2D eigenvalue weighted by Gasteiger charge is -2.17. The van der Waals surface area contributed by atoms with E-state index in [1.165, 1.54) is 0 Å². The van der Waals surface area contributed by atoms with Crippen LogP contribution in [0, 0.1) is 5.92 Å². The normalized spacial score (nSPS) is 12.1. The average Bonchev–Trinajstić information content (AvgIpc) is 2.44. The van der Waals surface area contributed by atoms with E-state index in [1.54, 1.807) is 19.9 Å². The standard InChI is InChI=1S/C16H17NO4/c1-10(2)14(15(18)19)21-16(20)17-13-8-7-11-5-3-4-6-12(11)9-13/h3-10,14H,1-2H3,(H,17,20)(H,18,19)/t14-/m0/s1. The quantitative estimate of drug-likeness (QED) is 0.902. The average molecular weight is 287 g/mol. The third-order valence-electron chi connectivity index (χ3n) is 3.08. The zero-order valence-corrected chi connectivity index (χ0v) is 11.9. The second-order valence-electron chi connectivity index (χ2n) is 5.10. The van der Waals surface area contributed by atoms with Crippen LogP contribution in [0.1, 0.15) is 13.8 Å². The summed E-state index contributed by atoms with van der Waals surface area (Å²) in [5, 5.41) is 13.6. The number of anilines is 1.